The first-order valence-electron chi connectivity index (χ1n) is 9.38. The second kappa shape index (κ2) is 8.40. The number of nitrogens with one attached hydrogen (secondary N) is 1. The molecule has 1 N–H and O–H groups in total. The van der Waals surface area contributed by atoms with E-state index in [2.05, 4.69) is 10.2 Å². The van der Waals surface area contributed by atoms with E-state index < -0.39 is 0 Å². The van der Waals surface area contributed by atoms with Gasteiger partial charge in [-0.25, -0.2) is 0 Å². The topological polar surface area (TPSA) is 58.6 Å². The number of hydrogen-bond acceptors (Lipinski definition) is 4. The number of likely N-dealkylation sites (tertiary alicyclic amines) is 1. The van der Waals surface area contributed by atoms with E-state index in [1.54, 1.807) is 0 Å². The Labute approximate surface area is 160 Å². The number of methoxy groups -OCH3 is 1. The number of ether oxygens (including phenoxy) is 1. The Morgan fingerprint density at radius 1 is 1.31 bits per heavy atom. The standard InChI is InChI=1S/C20H27ClN2O3/c1-13(15-8-4-5-9-16(15)21)22-19(24)12-23-17-10-6-3-7-14(17)11-18(23)20(25)26-2/h4-5,8-9,13-14,17-18H,3,6-7,10-12H2,1-2H3,(H,22,24). The van der Waals surface area contributed by atoms with Gasteiger partial charge >= 0.3 is 5.97 Å². The molecule has 1 saturated heterocycles. The summed E-state index contributed by atoms with van der Waals surface area (Å²) in [6.45, 7) is 2.14. The fourth-order valence-electron chi connectivity index (χ4n) is 4.50. The molecule has 1 amide bonds. The highest BCUT2D eigenvalue weighted by Gasteiger charge is 2.46. The molecule has 1 heterocycles. The van der Waals surface area contributed by atoms with Gasteiger partial charge in [-0.2, -0.15) is 0 Å². The number of amides is 1. The van der Waals surface area contributed by atoms with Crippen molar-refractivity contribution in [1.29, 1.82) is 0 Å². The Balaban J connectivity index is 1.67. The molecule has 3 rings (SSSR count). The van der Waals surface area contributed by atoms with E-state index in [4.69, 9.17) is 16.3 Å². The van der Waals surface area contributed by atoms with E-state index in [0.717, 1.165) is 31.2 Å². The fraction of sp³-hybridized carbons (Fsp3) is 0.600. The summed E-state index contributed by atoms with van der Waals surface area (Å²) in [5.74, 6) is 0.172. The van der Waals surface area contributed by atoms with Gasteiger partial charge in [-0.15, -0.1) is 0 Å². The molecule has 0 bridgehead atoms. The van der Waals surface area contributed by atoms with Crippen LogP contribution in [0, 0.1) is 5.92 Å². The minimum Gasteiger partial charge on any atom is -0.468 e. The zero-order valence-corrected chi connectivity index (χ0v) is 16.2. The third-order valence-electron chi connectivity index (χ3n) is 5.77. The maximum atomic E-state index is 12.7. The summed E-state index contributed by atoms with van der Waals surface area (Å²) in [5.41, 5.74) is 0.893. The molecule has 4 atom stereocenters. The van der Waals surface area contributed by atoms with Gasteiger partial charge in [0.15, 0.2) is 0 Å². The third-order valence-corrected chi connectivity index (χ3v) is 6.11. The maximum absolute atomic E-state index is 12.7. The quantitative estimate of drug-likeness (QED) is 0.798. The summed E-state index contributed by atoms with van der Waals surface area (Å²) in [7, 11) is 1.42. The number of benzene rings is 1. The highest BCUT2D eigenvalue weighted by atomic mass is 35.5. The van der Waals surface area contributed by atoms with E-state index >= 15 is 0 Å². The Morgan fingerprint density at radius 2 is 2.04 bits per heavy atom. The molecule has 2 aliphatic rings. The van der Waals surface area contributed by atoms with Crippen LogP contribution in [0.15, 0.2) is 24.3 Å². The van der Waals surface area contributed by atoms with E-state index in [1.807, 2.05) is 31.2 Å². The second-order valence-electron chi connectivity index (χ2n) is 7.37. The van der Waals surface area contributed by atoms with Crippen LogP contribution in [0.2, 0.25) is 5.02 Å². The summed E-state index contributed by atoms with van der Waals surface area (Å²) in [4.78, 5) is 27.0. The van der Waals surface area contributed by atoms with Crippen molar-refractivity contribution in [1.82, 2.24) is 10.2 Å². The van der Waals surface area contributed by atoms with Gasteiger partial charge in [0.05, 0.1) is 19.7 Å². The minimum absolute atomic E-state index is 0.0856. The number of nitrogens with zero attached hydrogens (tertiary/aromatic N) is 1. The van der Waals surface area contributed by atoms with Crippen molar-refractivity contribution in [2.75, 3.05) is 13.7 Å². The SMILES string of the molecule is COC(=O)C1CC2CCCCC2N1CC(=O)NC(C)c1ccccc1Cl. The smallest absolute Gasteiger partial charge is 0.323 e. The molecule has 142 valence electrons. The van der Waals surface area contributed by atoms with Crippen LogP contribution in [0.4, 0.5) is 0 Å². The first-order chi connectivity index (χ1) is 12.5. The third kappa shape index (κ3) is 4.04. The Hall–Kier alpha value is -1.59. The van der Waals surface area contributed by atoms with Gasteiger partial charge < -0.3 is 10.1 Å². The number of esters is 1. The maximum Gasteiger partial charge on any atom is 0.323 e. The molecule has 5 nitrogen and oxygen atoms in total. The van der Waals surface area contributed by atoms with Crippen LogP contribution in [-0.2, 0) is 14.3 Å². The summed E-state index contributed by atoms with van der Waals surface area (Å²) < 4.78 is 4.99. The molecule has 6 heteroatoms. The number of rotatable bonds is 5. The normalized spacial score (nSPS) is 26.8. The molecule has 1 saturated carbocycles. The van der Waals surface area contributed by atoms with Crippen molar-refractivity contribution >= 4 is 23.5 Å². The van der Waals surface area contributed by atoms with Gasteiger partial charge in [-0.1, -0.05) is 42.6 Å². The Morgan fingerprint density at radius 3 is 2.77 bits per heavy atom. The largest absolute Gasteiger partial charge is 0.468 e. The van der Waals surface area contributed by atoms with Gasteiger partial charge in [0.2, 0.25) is 5.91 Å². The highest BCUT2D eigenvalue weighted by Crippen LogP contribution is 2.39. The minimum atomic E-state index is -0.311. The van der Waals surface area contributed by atoms with E-state index in [-0.39, 0.29) is 30.5 Å². The van der Waals surface area contributed by atoms with Crippen LogP contribution in [0.1, 0.15) is 50.6 Å². The van der Waals surface area contributed by atoms with Gasteiger partial charge in [0.25, 0.3) is 0 Å². The lowest BCUT2D eigenvalue weighted by atomic mass is 9.85. The van der Waals surface area contributed by atoms with Crippen LogP contribution >= 0.6 is 11.6 Å². The molecule has 0 aromatic heterocycles. The summed E-state index contributed by atoms with van der Waals surface area (Å²) in [5, 5.41) is 3.66. The predicted molar refractivity (Wildman–Crippen MR) is 101 cm³/mol. The first-order valence-corrected chi connectivity index (χ1v) is 9.76. The molecule has 1 aliphatic carbocycles. The first kappa shape index (κ1) is 19.2. The molecule has 0 radical (unpaired) electrons. The number of halogens is 1. The van der Waals surface area contributed by atoms with E-state index in [9.17, 15) is 9.59 Å². The van der Waals surface area contributed by atoms with Gasteiger partial charge in [-0.3, -0.25) is 14.5 Å². The molecule has 2 fully saturated rings. The lowest BCUT2D eigenvalue weighted by molar-refractivity contribution is -0.146. The van der Waals surface area contributed by atoms with Crippen molar-refractivity contribution < 1.29 is 14.3 Å². The number of carbonyl (C=O) groups is 2. The molecule has 1 aromatic carbocycles. The van der Waals surface area contributed by atoms with E-state index in [1.165, 1.54) is 13.5 Å². The van der Waals surface area contributed by atoms with Crippen molar-refractivity contribution in [3.8, 4) is 0 Å². The summed E-state index contributed by atoms with van der Waals surface area (Å²) in [6, 6.07) is 7.32. The average molecular weight is 379 g/mol. The van der Waals surface area contributed by atoms with Crippen LogP contribution in [0.3, 0.4) is 0 Å². The van der Waals surface area contributed by atoms with E-state index in [0.29, 0.717) is 17.0 Å². The molecular weight excluding hydrogens is 352 g/mol. The zero-order valence-electron chi connectivity index (χ0n) is 15.4. The second-order valence-corrected chi connectivity index (χ2v) is 7.78. The van der Waals surface area contributed by atoms with Crippen LogP contribution < -0.4 is 5.32 Å². The lowest BCUT2D eigenvalue weighted by Gasteiger charge is -2.33. The molecule has 0 spiro atoms. The zero-order chi connectivity index (χ0) is 18.7. The molecule has 1 aliphatic heterocycles. The molecule has 26 heavy (non-hydrogen) atoms. The van der Waals surface area contributed by atoms with Gasteiger partial charge in [0.1, 0.15) is 6.04 Å². The Kier molecular flexibility index (Phi) is 6.20. The van der Waals surface area contributed by atoms with Crippen LogP contribution in [-0.4, -0.2) is 42.5 Å². The molecule has 4 unspecified atom stereocenters. The number of hydrogen-bond donors (Lipinski definition) is 1. The monoisotopic (exact) mass is 378 g/mol. The lowest BCUT2D eigenvalue weighted by Crippen LogP contribution is -2.48. The predicted octanol–water partition coefficient (Wildman–Crippen LogP) is 3.32. The van der Waals surface area contributed by atoms with Crippen molar-refractivity contribution in [3.05, 3.63) is 34.9 Å². The van der Waals surface area contributed by atoms with Gasteiger partial charge in [0, 0.05) is 11.1 Å². The molecule has 1 aromatic rings. The van der Waals surface area contributed by atoms with Crippen LogP contribution in [0.5, 0.6) is 0 Å². The number of carbonyl (C=O) groups excluding carboxylic acids is 2. The molecular formula is C20H27ClN2O3. The summed E-state index contributed by atoms with van der Waals surface area (Å²) in [6.07, 6.45) is 5.34. The fourth-order valence-corrected chi connectivity index (χ4v) is 4.80. The van der Waals surface area contributed by atoms with Gasteiger partial charge in [-0.05, 0) is 43.7 Å². The van der Waals surface area contributed by atoms with Crippen molar-refractivity contribution in [2.24, 2.45) is 5.92 Å². The van der Waals surface area contributed by atoms with Crippen LogP contribution in [0.25, 0.3) is 0 Å². The van der Waals surface area contributed by atoms with Crippen molar-refractivity contribution in [2.45, 2.75) is 57.2 Å². The van der Waals surface area contributed by atoms with Crippen molar-refractivity contribution in [3.63, 3.8) is 0 Å². The Bertz CT molecular complexity index is 666. The summed E-state index contributed by atoms with van der Waals surface area (Å²) >= 11 is 6.22. The number of fused-ring (bicyclic) bond motifs is 1. The average Bonchev–Trinajstić information content (AvgIpc) is 3.00. The highest BCUT2D eigenvalue weighted by molar-refractivity contribution is 6.31.